The van der Waals surface area contributed by atoms with Crippen molar-refractivity contribution < 1.29 is 5.11 Å². The maximum atomic E-state index is 9.98. The number of aliphatic hydroxyl groups is 1. The number of aliphatic hydroxyl groups excluding tert-OH is 1. The molecule has 0 aliphatic rings. The summed E-state index contributed by atoms with van der Waals surface area (Å²) in [7, 11) is 0. The molecular weight excluding hydrogens is 220 g/mol. The summed E-state index contributed by atoms with van der Waals surface area (Å²) in [5.41, 5.74) is 1.97. The Morgan fingerprint density at radius 3 is 2.94 bits per heavy atom. The maximum Gasteiger partial charge on any atom is 0.172 e. The minimum atomic E-state index is -0.422. The number of hydrogen-bond donors (Lipinski definition) is 1. The van der Waals surface area contributed by atoms with Crippen molar-refractivity contribution in [1.82, 2.24) is 9.38 Å². The van der Waals surface area contributed by atoms with E-state index in [1.165, 1.54) is 0 Å². The Hall–Kier alpha value is -1.00. The third-order valence-electron chi connectivity index (χ3n) is 2.55. The standard InChI is InChI=1S/C12H16N2OS/c1-3-11(15)10-7-5-6-9-8-13-12(14(9)10)16-4-2/h5-8,11,15H,3-4H2,1-2H3. The zero-order valence-electron chi connectivity index (χ0n) is 9.55. The van der Waals surface area contributed by atoms with Gasteiger partial charge in [-0.3, -0.25) is 4.40 Å². The predicted molar refractivity (Wildman–Crippen MR) is 66.8 cm³/mol. The molecule has 0 saturated heterocycles. The summed E-state index contributed by atoms with van der Waals surface area (Å²) in [6.07, 6.45) is 2.14. The van der Waals surface area contributed by atoms with Crippen LogP contribution in [0.4, 0.5) is 0 Å². The molecule has 1 unspecified atom stereocenters. The van der Waals surface area contributed by atoms with Gasteiger partial charge in [-0.05, 0) is 24.3 Å². The Balaban J connectivity index is 2.58. The van der Waals surface area contributed by atoms with E-state index in [4.69, 9.17) is 0 Å². The molecule has 1 N–H and O–H groups in total. The molecule has 0 bridgehead atoms. The molecule has 0 amide bonds. The molecule has 2 rings (SSSR count). The van der Waals surface area contributed by atoms with Gasteiger partial charge in [0.15, 0.2) is 5.16 Å². The number of aromatic nitrogens is 2. The first-order valence-corrected chi connectivity index (χ1v) is 6.53. The minimum Gasteiger partial charge on any atom is -0.387 e. The summed E-state index contributed by atoms with van der Waals surface area (Å²) in [5.74, 6) is 0.982. The van der Waals surface area contributed by atoms with Crippen molar-refractivity contribution >= 4 is 17.3 Å². The van der Waals surface area contributed by atoms with E-state index in [1.807, 2.05) is 35.7 Å². The fourth-order valence-corrected chi connectivity index (χ4v) is 2.47. The number of thioether (sulfide) groups is 1. The third-order valence-corrected chi connectivity index (χ3v) is 3.39. The predicted octanol–water partition coefficient (Wildman–Crippen LogP) is 2.89. The van der Waals surface area contributed by atoms with Crippen LogP contribution in [0, 0.1) is 0 Å². The van der Waals surface area contributed by atoms with Gasteiger partial charge in [-0.25, -0.2) is 4.98 Å². The molecule has 0 saturated carbocycles. The second-order valence-electron chi connectivity index (χ2n) is 3.61. The molecule has 2 aromatic heterocycles. The molecule has 3 nitrogen and oxygen atoms in total. The Morgan fingerprint density at radius 2 is 2.25 bits per heavy atom. The fraction of sp³-hybridized carbons (Fsp3) is 0.417. The number of imidazole rings is 1. The van der Waals surface area contributed by atoms with Gasteiger partial charge in [0, 0.05) is 0 Å². The third kappa shape index (κ3) is 1.95. The van der Waals surface area contributed by atoms with Gasteiger partial charge >= 0.3 is 0 Å². The van der Waals surface area contributed by atoms with Gasteiger partial charge in [0.1, 0.15) is 0 Å². The molecule has 16 heavy (non-hydrogen) atoms. The number of pyridine rings is 1. The SMILES string of the molecule is CCSc1ncc2cccc(C(O)CC)n12. The first-order chi connectivity index (χ1) is 7.77. The van der Waals surface area contributed by atoms with Crippen LogP contribution in [0.15, 0.2) is 29.6 Å². The first kappa shape index (κ1) is 11.5. The van der Waals surface area contributed by atoms with E-state index in [-0.39, 0.29) is 0 Å². The van der Waals surface area contributed by atoms with Crippen LogP contribution >= 0.6 is 11.8 Å². The smallest absolute Gasteiger partial charge is 0.172 e. The van der Waals surface area contributed by atoms with Crippen molar-refractivity contribution in [2.24, 2.45) is 0 Å². The number of fused-ring (bicyclic) bond motifs is 1. The molecule has 0 fully saturated rings. The maximum absolute atomic E-state index is 9.98. The van der Waals surface area contributed by atoms with Gasteiger partial charge in [0.05, 0.1) is 23.5 Å². The van der Waals surface area contributed by atoms with Crippen molar-refractivity contribution in [2.75, 3.05) is 5.75 Å². The van der Waals surface area contributed by atoms with Crippen molar-refractivity contribution in [1.29, 1.82) is 0 Å². The molecule has 0 aromatic carbocycles. The van der Waals surface area contributed by atoms with Gasteiger partial charge in [-0.1, -0.05) is 31.7 Å². The van der Waals surface area contributed by atoms with E-state index in [1.54, 1.807) is 11.8 Å². The Morgan fingerprint density at radius 1 is 1.44 bits per heavy atom. The quantitative estimate of drug-likeness (QED) is 0.829. The van der Waals surface area contributed by atoms with Gasteiger partial charge in [-0.2, -0.15) is 0 Å². The average Bonchev–Trinajstić information content (AvgIpc) is 2.72. The Labute approximate surface area is 99.5 Å². The van der Waals surface area contributed by atoms with E-state index < -0.39 is 6.10 Å². The summed E-state index contributed by atoms with van der Waals surface area (Å²) < 4.78 is 2.04. The highest BCUT2D eigenvalue weighted by Crippen LogP contribution is 2.24. The molecule has 2 aromatic rings. The van der Waals surface area contributed by atoms with Crippen LogP contribution in [0.2, 0.25) is 0 Å². The van der Waals surface area contributed by atoms with Crippen LogP contribution in [-0.4, -0.2) is 20.2 Å². The number of nitrogens with zero attached hydrogens (tertiary/aromatic N) is 2. The molecule has 86 valence electrons. The molecule has 2 heterocycles. The van der Waals surface area contributed by atoms with E-state index in [2.05, 4.69) is 11.9 Å². The summed E-state index contributed by atoms with van der Waals surface area (Å²) in [6, 6.07) is 5.94. The average molecular weight is 236 g/mol. The first-order valence-electron chi connectivity index (χ1n) is 5.55. The molecule has 1 atom stereocenters. The second-order valence-corrected chi connectivity index (χ2v) is 4.84. The monoisotopic (exact) mass is 236 g/mol. The lowest BCUT2D eigenvalue weighted by Crippen LogP contribution is -2.04. The summed E-state index contributed by atoms with van der Waals surface area (Å²) in [5, 5.41) is 10.9. The molecule has 0 spiro atoms. The molecule has 0 aliphatic heterocycles. The van der Waals surface area contributed by atoms with Crippen LogP contribution in [0.3, 0.4) is 0 Å². The van der Waals surface area contributed by atoms with Crippen molar-refractivity contribution in [3.63, 3.8) is 0 Å². The van der Waals surface area contributed by atoms with E-state index in [9.17, 15) is 5.11 Å². The van der Waals surface area contributed by atoms with E-state index in [0.29, 0.717) is 6.42 Å². The van der Waals surface area contributed by atoms with Gasteiger partial charge in [-0.15, -0.1) is 0 Å². The van der Waals surface area contributed by atoms with Crippen LogP contribution in [0.5, 0.6) is 0 Å². The van der Waals surface area contributed by atoms with Gasteiger partial charge in [0.25, 0.3) is 0 Å². The van der Waals surface area contributed by atoms with Crippen LogP contribution in [-0.2, 0) is 0 Å². The van der Waals surface area contributed by atoms with Gasteiger partial charge < -0.3 is 5.11 Å². The number of hydrogen-bond acceptors (Lipinski definition) is 3. The largest absolute Gasteiger partial charge is 0.387 e. The van der Waals surface area contributed by atoms with E-state index in [0.717, 1.165) is 22.1 Å². The molecular formula is C12H16N2OS. The second kappa shape index (κ2) is 4.89. The lowest BCUT2D eigenvalue weighted by molar-refractivity contribution is 0.166. The van der Waals surface area contributed by atoms with Crippen molar-refractivity contribution in [3.8, 4) is 0 Å². The Bertz CT molecular complexity index is 481. The minimum absolute atomic E-state index is 0.422. The summed E-state index contributed by atoms with van der Waals surface area (Å²) >= 11 is 1.69. The van der Waals surface area contributed by atoms with Crippen LogP contribution in [0.25, 0.3) is 5.52 Å². The molecule has 4 heteroatoms. The molecule has 0 radical (unpaired) electrons. The number of rotatable bonds is 4. The van der Waals surface area contributed by atoms with Gasteiger partial charge in [0.2, 0.25) is 0 Å². The lowest BCUT2D eigenvalue weighted by atomic mass is 10.2. The van der Waals surface area contributed by atoms with Crippen LogP contribution < -0.4 is 0 Å². The molecule has 0 aliphatic carbocycles. The van der Waals surface area contributed by atoms with Crippen molar-refractivity contribution in [2.45, 2.75) is 31.5 Å². The summed E-state index contributed by atoms with van der Waals surface area (Å²) in [6.45, 7) is 4.08. The summed E-state index contributed by atoms with van der Waals surface area (Å²) in [4.78, 5) is 4.38. The fourth-order valence-electron chi connectivity index (χ4n) is 1.74. The highest BCUT2D eigenvalue weighted by molar-refractivity contribution is 7.99. The highest BCUT2D eigenvalue weighted by atomic mass is 32.2. The van der Waals surface area contributed by atoms with Crippen LogP contribution in [0.1, 0.15) is 32.1 Å². The normalized spacial score (nSPS) is 13.2. The van der Waals surface area contributed by atoms with Crippen molar-refractivity contribution in [3.05, 3.63) is 30.1 Å². The topological polar surface area (TPSA) is 37.5 Å². The van der Waals surface area contributed by atoms with E-state index >= 15 is 0 Å². The highest BCUT2D eigenvalue weighted by Gasteiger charge is 2.12. The zero-order valence-corrected chi connectivity index (χ0v) is 10.4. The zero-order chi connectivity index (χ0) is 11.5. The lowest BCUT2D eigenvalue weighted by Gasteiger charge is -2.12. The Kier molecular flexibility index (Phi) is 3.51.